The zero-order valence-electron chi connectivity index (χ0n) is 19.8. The van der Waals surface area contributed by atoms with Crippen LogP contribution in [-0.4, -0.2) is 64.6 Å². The van der Waals surface area contributed by atoms with Crippen molar-refractivity contribution in [1.29, 1.82) is 0 Å². The summed E-state index contributed by atoms with van der Waals surface area (Å²) in [6.45, 7) is 6.01. The number of aromatic amines is 1. The molecule has 1 fully saturated rings. The number of nitrogens with zero attached hydrogens (tertiary/aromatic N) is 6. The Bertz CT molecular complexity index is 1380. The average Bonchev–Trinajstić information content (AvgIpc) is 3.22. The van der Waals surface area contributed by atoms with Gasteiger partial charge in [0.25, 0.3) is 0 Å². The molecule has 0 amide bonds. The minimum Gasteiger partial charge on any atom is -0.356 e. The van der Waals surface area contributed by atoms with Gasteiger partial charge in [0.2, 0.25) is 11.9 Å². The van der Waals surface area contributed by atoms with Crippen LogP contribution in [0.4, 0.5) is 16.3 Å². The van der Waals surface area contributed by atoms with Crippen molar-refractivity contribution in [3.8, 4) is 0 Å². The van der Waals surface area contributed by atoms with Crippen molar-refractivity contribution >= 4 is 34.4 Å². The van der Waals surface area contributed by atoms with Crippen LogP contribution >= 0.6 is 11.6 Å². The molecule has 9 heteroatoms. The Morgan fingerprint density at radius 2 is 1.69 bits per heavy atom. The number of hydrogen-bond acceptors (Lipinski definition) is 6. The fraction of sp³-hybridized carbons (Fsp3) is 0.346. The summed E-state index contributed by atoms with van der Waals surface area (Å²) in [5.41, 5.74) is 5.62. The maximum atomic E-state index is 14.8. The SMILES string of the molecule is Cc1ccc(C2c3[nH]c4ccc(Cl)cc4c3CCN2c2nc(F)nc(N3CCN(C)CC3)n2)cc1. The molecule has 1 atom stereocenters. The molecule has 7 nitrogen and oxygen atoms in total. The van der Waals surface area contributed by atoms with Gasteiger partial charge in [-0.05, 0) is 49.7 Å². The second kappa shape index (κ2) is 8.77. The Morgan fingerprint density at radius 3 is 2.46 bits per heavy atom. The number of halogens is 2. The van der Waals surface area contributed by atoms with Gasteiger partial charge in [0.1, 0.15) is 0 Å². The lowest BCUT2D eigenvalue weighted by atomic mass is 9.92. The van der Waals surface area contributed by atoms with E-state index in [2.05, 4.69) is 63.0 Å². The predicted molar refractivity (Wildman–Crippen MR) is 137 cm³/mol. The molecule has 2 aliphatic heterocycles. The van der Waals surface area contributed by atoms with Crippen molar-refractivity contribution in [2.45, 2.75) is 19.4 Å². The summed E-state index contributed by atoms with van der Waals surface area (Å²) in [4.78, 5) is 23.0. The lowest BCUT2D eigenvalue weighted by Crippen LogP contribution is -2.45. The maximum absolute atomic E-state index is 14.8. The summed E-state index contributed by atoms with van der Waals surface area (Å²) in [6, 6.07) is 14.2. The highest BCUT2D eigenvalue weighted by Crippen LogP contribution is 2.40. The summed E-state index contributed by atoms with van der Waals surface area (Å²) in [5, 5.41) is 1.84. The molecule has 2 aromatic heterocycles. The average molecular weight is 492 g/mol. The molecule has 180 valence electrons. The number of likely N-dealkylation sites (N-methyl/N-ethyl adjacent to an activating group) is 1. The first-order chi connectivity index (χ1) is 17.0. The van der Waals surface area contributed by atoms with Gasteiger partial charge in [-0.15, -0.1) is 0 Å². The molecule has 0 saturated carbocycles. The van der Waals surface area contributed by atoms with E-state index in [1.54, 1.807) is 0 Å². The monoisotopic (exact) mass is 491 g/mol. The van der Waals surface area contributed by atoms with Gasteiger partial charge in [0, 0.05) is 54.3 Å². The quantitative estimate of drug-likeness (QED) is 0.459. The molecule has 35 heavy (non-hydrogen) atoms. The van der Waals surface area contributed by atoms with E-state index >= 15 is 0 Å². The highest BCUT2D eigenvalue weighted by molar-refractivity contribution is 6.31. The fourth-order valence-corrected chi connectivity index (χ4v) is 5.35. The number of rotatable bonds is 3. The Hall–Kier alpha value is -3.23. The summed E-state index contributed by atoms with van der Waals surface area (Å²) in [7, 11) is 2.09. The normalized spacial score (nSPS) is 18.8. The molecule has 2 aliphatic rings. The molecule has 2 aromatic carbocycles. The zero-order chi connectivity index (χ0) is 24.1. The number of benzene rings is 2. The van der Waals surface area contributed by atoms with Crippen LogP contribution < -0.4 is 9.80 Å². The van der Waals surface area contributed by atoms with Gasteiger partial charge in [-0.1, -0.05) is 41.4 Å². The van der Waals surface area contributed by atoms with Gasteiger partial charge in [-0.3, -0.25) is 0 Å². The number of H-pyrrole nitrogens is 1. The van der Waals surface area contributed by atoms with Crippen LogP contribution in [0.15, 0.2) is 42.5 Å². The molecule has 0 bridgehead atoms. The van der Waals surface area contributed by atoms with E-state index in [1.165, 1.54) is 11.1 Å². The number of hydrogen-bond donors (Lipinski definition) is 1. The van der Waals surface area contributed by atoms with Crippen LogP contribution in [0.25, 0.3) is 10.9 Å². The molecule has 1 N–H and O–H groups in total. The van der Waals surface area contributed by atoms with Crippen molar-refractivity contribution in [2.75, 3.05) is 49.6 Å². The number of anilines is 2. The van der Waals surface area contributed by atoms with E-state index in [1.807, 2.05) is 23.1 Å². The van der Waals surface area contributed by atoms with Crippen molar-refractivity contribution in [3.63, 3.8) is 0 Å². The Labute approximate surface area is 208 Å². The van der Waals surface area contributed by atoms with Gasteiger partial charge >= 0.3 is 6.08 Å². The van der Waals surface area contributed by atoms with E-state index < -0.39 is 6.08 Å². The van der Waals surface area contributed by atoms with Crippen molar-refractivity contribution in [3.05, 3.63) is 75.9 Å². The third kappa shape index (κ3) is 4.10. The molecular formula is C26H27ClFN7. The highest BCUT2D eigenvalue weighted by Gasteiger charge is 2.34. The first kappa shape index (κ1) is 22.2. The van der Waals surface area contributed by atoms with E-state index in [0.717, 1.165) is 54.8 Å². The molecule has 1 saturated heterocycles. The van der Waals surface area contributed by atoms with Gasteiger partial charge in [-0.25, -0.2) is 0 Å². The highest BCUT2D eigenvalue weighted by atomic mass is 35.5. The summed E-state index contributed by atoms with van der Waals surface area (Å²) in [6.07, 6.45) is 0.0237. The van der Waals surface area contributed by atoms with Crippen LogP contribution in [0.2, 0.25) is 5.02 Å². The van der Waals surface area contributed by atoms with Crippen LogP contribution in [-0.2, 0) is 6.42 Å². The molecule has 0 radical (unpaired) electrons. The van der Waals surface area contributed by atoms with Gasteiger partial charge in [0.05, 0.1) is 6.04 Å². The van der Waals surface area contributed by atoms with E-state index in [-0.39, 0.29) is 6.04 Å². The van der Waals surface area contributed by atoms with E-state index in [0.29, 0.717) is 23.5 Å². The third-order valence-corrected chi connectivity index (χ3v) is 7.34. The molecule has 4 aromatic rings. The zero-order valence-corrected chi connectivity index (χ0v) is 20.6. The predicted octanol–water partition coefficient (Wildman–Crippen LogP) is 4.36. The topological polar surface area (TPSA) is 64.2 Å². The first-order valence-corrected chi connectivity index (χ1v) is 12.3. The minimum absolute atomic E-state index is 0.187. The maximum Gasteiger partial charge on any atom is 0.315 e. The first-order valence-electron chi connectivity index (χ1n) is 11.9. The Balaban J connectivity index is 1.46. The van der Waals surface area contributed by atoms with Crippen LogP contribution in [0.1, 0.15) is 28.4 Å². The van der Waals surface area contributed by atoms with E-state index in [4.69, 9.17) is 16.6 Å². The standard InChI is InChI=1S/C26H27ClFN7/c1-16-3-5-17(6-4-16)23-22-19(20-15-18(27)7-8-21(20)29-22)9-10-35(23)26-31-24(28)30-25(32-26)34-13-11-33(2)12-14-34/h3-8,15,23,29H,9-14H2,1-2H3. The Morgan fingerprint density at radius 1 is 0.943 bits per heavy atom. The number of aromatic nitrogens is 4. The smallest absolute Gasteiger partial charge is 0.315 e. The molecule has 6 rings (SSSR count). The third-order valence-electron chi connectivity index (χ3n) is 7.11. The molecule has 0 spiro atoms. The summed E-state index contributed by atoms with van der Waals surface area (Å²) < 4.78 is 14.8. The molecule has 1 unspecified atom stereocenters. The second-order valence-corrected chi connectivity index (χ2v) is 9.89. The van der Waals surface area contributed by atoms with Gasteiger partial charge in [0.15, 0.2) is 0 Å². The van der Waals surface area contributed by atoms with Crippen molar-refractivity contribution < 1.29 is 4.39 Å². The number of fused-ring (bicyclic) bond motifs is 3. The van der Waals surface area contributed by atoms with Crippen molar-refractivity contribution in [2.24, 2.45) is 0 Å². The molecule has 0 aliphatic carbocycles. The minimum atomic E-state index is -0.749. The van der Waals surface area contributed by atoms with Crippen LogP contribution in [0.5, 0.6) is 0 Å². The lowest BCUT2D eigenvalue weighted by Gasteiger charge is -2.37. The molecular weight excluding hydrogens is 465 g/mol. The second-order valence-electron chi connectivity index (χ2n) is 9.46. The van der Waals surface area contributed by atoms with Crippen LogP contribution in [0.3, 0.4) is 0 Å². The summed E-state index contributed by atoms with van der Waals surface area (Å²) in [5.74, 6) is 0.761. The van der Waals surface area contributed by atoms with Gasteiger partial charge < -0.3 is 19.7 Å². The lowest BCUT2D eigenvalue weighted by molar-refractivity contribution is 0.310. The largest absolute Gasteiger partial charge is 0.356 e. The van der Waals surface area contributed by atoms with Crippen LogP contribution in [0, 0.1) is 13.0 Å². The fourth-order valence-electron chi connectivity index (χ4n) is 5.18. The molecule has 4 heterocycles. The Kier molecular flexibility index (Phi) is 5.57. The number of aryl methyl sites for hydroxylation is 1. The summed E-state index contributed by atoms with van der Waals surface area (Å²) >= 11 is 6.33. The number of nitrogens with one attached hydrogen (secondary N) is 1. The number of piperazine rings is 1. The van der Waals surface area contributed by atoms with Gasteiger partial charge in [-0.2, -0.15) is 19.3 Å². The van der Waals surface area contributed by atoms with E-state index in [9.17, 15) is 4.39 Å². The van der Waals surface area contributed by atoms with Crippen molar-refractivity contribution in [1.82, 2.24) is 24.8 Å².